The van der Waals surface area contributed by atoms with E-state index >= 15 is 0 Å². The number of nitrogens with one attached hydrogen (secondary N) is 2. The number of hydrogen-bond acceptors (Lipinski definition) is 3. The van der Waals surface area contributed by atoms with Crippen LogP contribution >= 0.6 is 0 Å². The Kier molecular flexibility index (Phi) is 7.15. The van der Waals surface area contributed by atoms with Gasteiger partial charge >= 0.3 is 0 Å². The summed E-state index contributed by atoms with van der Waals surface area (Å²) in [7, 11) is 2.07. The van der Waals surface area contributed by atoms with Gasteiger partial charge in [-0.1, -0.05) is 26.0 Å². The smallest absolute Gasteiger partial charge is 0.219 e. The van der Waals surface area contributed by atoms with E-state index in [0.717, 1.165) is 59.0 Å². The van der Waals surface area contributed by atoms with Gasteiger partial charge < -0.3 is 15.2 Å². The van der Waals surface area contributed by atoms with E-state index in [1.165, 1.54) is 0 Å². The van der Waals surface area contributed by atoms with Crippen LogP contribution in [0, 0.1) is 5.82 Å². The minimum Gasteiger partial charge on any atom is -0.370 e. The predicted octanol–water partition coefficient (Wildman–Crippen LogP) is 6.41. The van der Waals surface area contributed by atoms with Crippen molar-refractivity contribution in [3.05, 3.63) is 65.7 Å². The Morgan fingerprint density at radius 2 is 2.09 bits per heavy atom. The number of hydrogen-bond donors (Lipinski definition) is 2. The van der Waals surface area contributed by atoms with Gasteiger partial charge in [-0.05, 0) is 73.4 Å². The van der Waals surface area contributed by atoms with Crippen molar-refractivity contribution in [3.8, 4) is 11.1 Å². The number of carbonyl (C=O) groups excluding carboxylic acids is 1. The lowest BCUT2D eigenvalue weighted by Gasteiger charge is -2.30. The highest BCUT2D eigenvalue weighted by Crippen LogP contribution is 2.34. The molecule has 0 saturated heterocycles. The number of amides is 1. The predicted molar refractivity (Wildman–Crippen MR) is 142 cm³/mol. The molecule has 182 valence electrons. The summed E-state index contributed by atoms with van der Waals surface area (Å²) in [5.74, 6) is -0.130. The molecule has 0 aliphatic heterocycles. The number of aromatic amines is 1. The molecule has 0 radical (unpaired) electrons. The van der Waals surface area contributed by atoms with Gasteiger partial charge in [0.15, 0.2) is 0 Å². The first kappa shape index (κ1) is 23.7. The number of aryl methyl sites for hydroxylation is 1. The van der Waals surface area contributed by atoms with E-state index < -0.39 is 0 Å². The average Bonchev–Trinajstić information content (AvgIpc) is 3.50. The zero-order valence-corrected chi connectivity index (χ0v) is 20.2. The number of halogens is 1. The van der Waals surface area contributed by atoms with Gasteiger partial charge in [-0.2, -0.15) is 0 Å². The molecule has 2 N–H and O–H groups in total. The van der Waals surface area contributed by atoms with Crippen molar-refractivity contribution < 1.29 is 12.0 Å². The van der Waals surface area contributed by atoms with E-state index in [0.29, 0.717) is 18.0 Å². The Bertz CT molecular complexity index is 1240. The number of nitrogens with zero attached hydrogens (tertiary/aromatic N) is 2. The molecule has 34 heavy (non-hydrogen) atoms. The summed E-state index contributed by atoms with van der Waals surface area (Å²) >= 11 is 0. The fourth-order valence-corrected chi connectivity index (χ4v) is 5.01. The number of rotatable bonds is 8. The molecule has 1 saturated carbocycles. The van der Waals surface area contributed by atoms with Gasteiger partial charge in [0.05, 0.1) is 11.9 Å². The molecule has 1 aliphatic rings. The summed E-state index contributed by atoms with van der Waals surface area (Å²) in [6, 6.07) is 12.1. The van der Waals surface area contributed by atoms with Crippen LogP contribution in [0.1, 0.15) is 53.5 Å². The van der Waals surface area contributed by atoms with E-state index in [-0.39, 0.29) is 20.6 Å². The molecule has 2 atom stereocenters. The molecule has 1 aromatic heterocycles. The lowest BCUT2D eigenvalue weighted by molar-refractivity contribution is -0.121. The van der Waals surface area contributed by atoms with Gasteiger partial charge in [0.25, 0.3) is 0 Å². The average molecular weight is 465 g/mol. The molecule has 2 aromatic carbocycles. The number of aliphatic imine (C=N–C) groups is 1. The fraction of sp³-hybridized carbons (Fsp3) is 0.357. The molecular formula is C28H37FN4O. The van der Waals surface area contributed by atoms with Crippen LogP contribution in [0.5, 0.6) is 0 Å². The minimum absolute atomic E-state index is 0. The van der Waals surface area contributed by atoms with Crippen LogP contribution in [0.25, 0.3) is 27.7 Å². The van der Waals surface area contributed by atoms with Crippen LogP contribution in [0.4, 0.5) is 4.39 Å². The quantitative estimate of drug-likeness (QED) is 0.379. The lowest BCUT2D eigenvalue weighted by Crippen LogP contribution is -2.35. The molecule has 3 aromatic rings. The van der Waals surface area contributed by atoms with Crippen LogP contribution in [0.3, 0.4) is 0 Å². The van der Waals surface area contributed by atoms with Crippen molar-refractivity contribution >= 4 is 29.2 Å². The SMILES string of the molecule is C=N/C=C(/c1ccc(-c2cc3cc[nH]c3cc2F)c(CC)c1)N(C)[C@@H]1CC[C@H](NC(=O)CC)C1.[HH].[HH]. The van der Waals surface area contributed by atoms with E-state index in [4.69, 9.17) is 0 Å². The van der Waals surface area contributed by atoms with Gasteiger partial charge in [0, 0.05) is 51.1 Å². The van der Waals surface area contributed by atoms with Gasteiger partial charge in [-0.3, -0.25) is 9.79 Å². The second-order valence-corrected chi connectivity index (χ2v) is 9.02. The lowest BCUT2D eigenvalue weighted by atomic mass is 9.93. The molecule has 0 spiro atoms. The van der Waals surface area contributed by atoms with Crippen molar-refractivity contribution in [1.29, 1.82) is 0 Å². The molecule has 1 amide bonds. The standard InChI is InChI=1S/C28H33FN4O.2H2/c1-5-18-13-20(7-10-23(18)24-14-19-11-12-31-26(19)16-25(24)29)27(17-30-3)33(4)22-9-8-21(15-22)32-28(34)6-2;;/h7,10-14,16-17,21-22,31H,3,5-6,8-9,15H2,1-2,4H3,(H,32,34);2*1H/b27-17-;;/t21-,22+;;/m0../s1. The number of carbonyl (C=O) groups is 1. The number of H-pyrrole nitrogens is 1. The first-order valence-corrected chi connectivity index (χ1v) is 12.0. The summed E-state index contributed by atoms with van der Waals surface area (Å²) in [5.41, 5.74) is 5.40. The summed E-state index contributed by atoms with van der Waals surface area (Å²) in [6.07, 6.45) is 7.77. The van der Waals surface area contributed by atoms with Gasteiger partial charge in [-0.25, -0.2) is 4.39 Å². The van der Waals surface area contributed by atoms with Crippen LogP contribution in [-0.2, 0) is 11.2 Å². The monoisotopic (exact) mass is 464 g/mol. The first-order valence-electron chi connectivity index (χ1n) is 12.0. The highest BCUT2D eigenvalue weighted by atomic mass is 19.1. The third-order valence-corrected chi connectivity index (χ3v) is 6.95. The van der Waals surface area contributed by atoms with Crippen LogP contribution in [-0.4, -0.2) is 41.6 Å². The Labute approximate surface area is 203 Å². The topological polar surface area (TPSA) is 60.5 Å². The number of aromatic nitrogens is 1. The first-order chi connectivity index (χ1) is 16.4. The molecule has 4 rings (SSSR count). The molecular weight excluding hydrogens is 427 g/mol. The summed E-state index contributed by atoms with van der Waals surface area (Å²) in [5, 5.41) is 4.12. The zero-order valence-electron chi connectivity index (χ0n) is 20.2. The van der Waals surface area contributed by atoms with Crippen LogP contribution in [0.15, 0.2) is 53.8 Å². The molecule has 5 nitrogen and oxygen atoms in total. The van der Waals surface area contributed by atoms with E-state index in [1.807, 2.05) is 37.4 Å². The third-order valence-electron chi connectivity index (χ3n) is 6.95. The fourth-order valence-electron chi connectivity index (χ4n) is 5.01. The maximum atomic E-state index is 15.0. The maximum absolute atomic E-state index is 15.0. The van der Waals surface area contributed by atoms with Crippen LogP contribution < -0.4 is 5.32 Å². The Morgan fingerprint density at radius 1 is 1.26 bits per heavy atom. The third kappa shape index (κ3) is 4.76. The second-order valence-electron chi connectivity index (χ2n) is 9.02. The Morgan fingerprint density at radius 3 is 2.82 bits per heavy atom. The Hall–Kier alpha value is -3.41. The van der Waals surface area contributed by atoms with Crippen molar-refractivity contribution in [3.63, 3.8) is 0 Å². The second kappa shape index (κ2) is 10.2. The van der Waals surface area contributed by atoms with E-state index in [2.05, 4.69) is 46.9 Å². The van der Waals surface area contributed by atoms with Crippen molar-refractivity contribution in [1.82, 2.24) is 15.2 Å². The summed E-state index contributed by atoms with van der Waals surface area (Å²) in [4.78, 5) is 21.2. The van der Waals surface area contributed by atoms with Crippen LogP contribution in [0.2, 0.25) is 0 Å². The molecule has 0 bridgehead atoms. The van der Waals surface area contributed by atoms with Gasteiger partial charge in [0.2, 0.25) is 5.91 Å². The van der Waals surface area contributed by atoms with E-state index in [1.54, 1.807) is 12.3 Å². The van der Waals surface area contributed by atoms with E-state index in [9.17, 15) is 9.18 Å². The molecule has 0 unspecified atom stereocenters. The minimum atomic E-state index is -0.232. The highest BCUT2D eigenvalue weighted by Gasteiger charge is 2.30. The van der Waals surface area contributed by atoms with Crippen molar-refractivity contribution in [2.45, 2.75) is 58.0 Å². The summed E-state index contributed by atoms with van der Waals surface area (Å²) < 4.78 is 15.0. The normalized spacial score (nSPS) is 18.3. The Balaban J connectivity index is 0.00000228. The van der Waals surface area contributed by atoms with Gasteiger partial charge in [-0.15, -0.1) is 0 Å². The summed E-state index contributed by atoms with van der Waals surface area (Å²) in [6.45, 7) is 7.65. The number of fused-ring (bicyclic) bond motifs is 1. The molecule has 1 fully saturated rings. The maximum Gasteiger partial charge on any atom is 0.219 e. The van der Waals surface area contributed by atoms with Gasteiger partial charge in [0.1, 0.15) is 5.82 Å². The molecule has 1 heterocycles. The zero-order chi connectivity index (χ0) is 24.2. The largest absolute Gasteiger partial charge is 0.370 e. The van der Waals surface area contributed by atoms with Crippen molar-refractivity contribution in [2.24, 2.45) is 4.99 Å². The number of benzene rings is 2. The molecule has 6 heteroatoms. The van der Waals surface area contributed by atoms with Crippen molar-refractivity contribution in [2.75, 3.05) is 7.05 Å². The molecule has 1 aliphatic carbocycles. The highest BCUT2D eigenvalue weighted by molar-refractivity contribution is 5.86.